The smallest absolute Gasteiger partial charge is 0.114 e. The second kappa shape index (κ2) is 5.27. The van der Waals surface area contributed by atoms with Gasteiger partial charge in [-0.1, -0.05) is 0 Å². The van der Waals surface area contributed by atoms with Crippen LogP contribution in [0.15, 0.2) is 10.4 Å². The molecule has 1 aliphatic heterocycles. The van der Waals surface area contributed by atoms with Crippen molar-refractivity contribution in [2.45, 2.75) is 23.7 Å². The van der Waals surface area contributed by atoms with E-state index < -0.39 is 6.17 Å². The summed E-state index contributed by atoms with van der Waals surface area (Å²) in [6.45, 7) is 4.55. The van der Waals surface area contributed by atoms with Gasteiger partial charge in [0.15, 0.2) is 0 Å². The maximum atomic E-state index is 12.9. The van der Waals surface area contributed by atoms with Crippen molar-refractivity contribution < 1.29 is 4.39 Å². The number of thioether (sulfide) groups is 1. The molecule has 15 heavy (non-hydrogen) atoms. The average molecular weight is 246 g/mol. The van der Waals surface area contributed by atoms with E-state index in [1.54, 1.807) is 11.3 Å². The van der Waals surface area contributed by atoms with Crippen LogP contribution in [0.4, 0.5) is 4.39 Å². The van der Waals surface area contributed by atoms with Crippen molar-refractivity contribution in [1.82, 2.24) is 9.88 Å². The number of rotatable bonds is 4. The quantitative estimate of drug-likeness (QED) is 0.760. The summed E-state index contributed by atoms with van der Waals surface area (Å²) < 4.78 is 14.1. The SMILES string of the molecule is Cc1ncc(SCCN2CC[C@@H](F)C2)s1. The summed E-state index contributed by atoms with van der Waals surface area (Å²) in [5.74, 6) is 1.04. The summed E-state index contributed by atoms with van der Waals surface area (Å²) in [6.07, 6.45) is 2.04. The second-order valence-corrected chi connectivity index (χ2v) is 6.36. The summed E-state index contributed by atoms with van der Waals surface area (Å²) in [5, 5.41) is 1.11. The van der Waals surface area contributed by atoms with Gasteiger partial charge in [0.25, 0.3) is 0 Å². The molecule has 2 rings (SSSR count). The minimum Gasteiger partial charge on any atom is -0.300 e. The molecule has 0 bridgehead atoms. The summed E-state index contributed by atoms with van der Waals surface area (Å²) >= 11 is 3.55. The van der Waals surface area contributed by atoms with Gasteiger partial charge in [-0.05, 0) is 13.3 Å². The van der Waals surface area contributed by atoms with Crippen molar-refractivity contribution in [3.8, 4) is 0 Å². The summed E-state index contributed by atoms with van der Waals surface area (Å²) in [7, 11) is 0. The Morgan fingerprint density at radius 2 is 2.60 bits per heavy atom. The van der Waals surface area contributed by atoms with Gasteiger partial charge in [-0.2, -0.15) is 0 Å². The number of hydrogen-bond acceptors (Lipinski definition) is 4. The third-order valence-corrected chi connectivity index (χ3v) is 4.55. The standard InChI is InChI=1S/C10H15FN2S2/c1-8-12-6-10(15-8)14-5-4-13-3-2-9(11)7-13/h6,9H,2-5,7H2,1H3/t9-/m1/s1. The fourth-order valence-electron chi connectivity index (χ4n) is 1.67. The van der Waals surface area contributed by atoms with E-state index in [1.165, 1.54) is 4.21 Å². The van der Waals surface area contributed by atoms with E-state index >= 15 is 0 Å². The van der Waals surface area contributed by atoms with Gasteiger partial charge in [0.05, 0.1) is 15.4 Å². The molecule has 2 heterocycles. The number of aryl methyl sites for hydroxylation is 1. The van der Waals surface area contributed by atoms with Gasteiger partial charge in [-0.3, -0.25) is 4.90 Å². The fourth-order valence-corrected chi connectivity index (χ4v) is 3.70. The molecule has 1 aromatic heterocycles. The summed E-state index contributed by atoms with van der Waals surface area (Å²) in [6, 6.07) is 0. The molecule has 84 valence electrons. The lowest BCUT2D eigenvalue weighted by atomic mass is 10.3. The minimum absolute atomic E-state index is 0.597. The maximum Gasteiger partial charge on any atom is 0.114 e. The first-order valence-corrected chi connectivity index (χ1v) is 6.96. The highest BCUT2D eigenvalue weighted by Crippen LogP contribution is 2.25. The molecular weight excluding hydrogens is 231 g/mol. The van der Waals surface area contributed by atoms with Crippen molar-refractivity contribution in [3.05, 3.63) is 11.2 Å². The molecular formula is C10H15FN2S2. The van der Waals surface area contributed by atoms with Crippen LogP contribution in [0.2, 0.25) is 0 Å². The molecule has 0 amide bonds. The number of thiazole rings is 1. The second-order valence-electron chi connectivity index (χ2n) is 3.73. The third kappa shape index (κ3) is 3.43. The highest BCUT2D eigenvalue weighted by molar-refractivity contribution is 8.01. The Kier molecular flexibility index (Phi) is 3.99. The number of halogens is 1. The molecule has 0 aliphatic carbocycles. The van der Waals surface area contributed by atoms with Crippen molar-refractivity contribution >= 4 is 23.1 Å². The lowest BCUT2D eigenvalue weighted by molar-refractivity contribution is 0.299. The van der Waals surface area contributed by atoms with Gasteiger partial charge in [0.1, 0.15) is 6.17 Å². The summed E-state index contributed by atoms with van der Waals surface area (Å²) in [4.78, 5) is 6.40. The monoisotopic (exact) mass is 246 g/mol. The number of nitrogens with zero attached hydrogens (tertiary/aromatic N) is 2. The number of likely N-dealkylation sites (tertiary alicyclic amines) is 1. The Labute approximate surface area is 97.9 Å². The van der Waals surface area contributed by atoms with Crippen LogP contribution in [0.1, 0.15) is 11.4 Å². The lowest BCUT2D eigenvalue weighted by Gasteiger charge is -2.12. The Bertz CT molecular complexity index is 316. The molecule has 0 saturated carbocycles. The Morgan fingerprint density at radius 1 is 1.73 bits per heavy atom. The zero-order valence-electron chi connectivity index (χ0n) is 8.78. The lowest BCUT2D eigenvalue weighted by Crippen LogP contribution is -2.23. The first-order valence-electron chi connectivity index (χ1n) is 5.15. The van der Waals surface area contributed by atoms with Crippen LogP contribution < -0.4 is 0 Å². The Hall–Kier alpha value is -0.130. The summed E-state index contributed by atoms with van der Waals surface area (Å²) in [5.41, 5.74) is 0. The topological polar surface area (TPSA) is 16.1 Å². The fraction of sp³-hybridized carbons (Fsp3) is 0.700. The van der Waals surface area contributed by atoms with E-state index in [2.05, 4.69) is 9.88 Å². The van der Waals surface area contributed by atoms with Crippen LogP contribution in [0.25, 0.3) is 0 Å². The van der Waals surface area contributed by atoms with Crippen molar-refractivity contribution in [2.24, 2.45) is 0 Å². The molecule has 0 unspecified atom stereocenters. The molecule has 5 heteroatoms. The van der Waals surface area contributed by atoms with E-state index in [0.717, 1.165) is 23.8 Å². The van der Waals surface area contributed by atoms with Gasteiger partial charge in [0.2, 0.25) is 0 Å². The van der Waals surface area contributed by atoms with Gasteiger partial charge in [0, 0.05) is 25.4 Å². The number of hydrogen-bond donors (Lipinski definition) is 0. The van der Waals surface area contributed by atoms with Gasteiger partial charge in [-0.15, -0.1) is 23.1 Å². The molecule has 0 N–H and O–H groups in total. The zero-order chi connectivity index (χ0) is 10.7. The zero-order valence-corrected chi connectivity index (χ0v) is 10.4. The predicted molar refractivity (Wildman–Crippen MR) is 63.5 cm³/mol. The molecule has 1 fully saturated rings. The first kappa shape index (κ1) is 11.4. The number of alkyl halides is 1. The van der Waals surface area contributed by atoms with Gasteiger partial charge >= 0.3 is 0 Å². The van der Waals surface area contributed by atoms with Crippen LogP contribution >= 0.6 is 23.1 Å². The van der Waals surface area contributed by atoms with E-state index in [-0.39, 0.29) is 0 Å². The highest BCUT2D eigenvalue weighted by Gasteiger charge is 2.20. The van der Waals surface area contributed by atoms with Crippen LogP contribution in [-0.4, -0.2) is 41.4 Å². The van der Waals surface area contributed by atoms with Crippen LogP contribution in [0.3, 0.4) is 0 Å². The van der Waals surface area contributed by atoms with Crippen molar-refractivity contribution in [1.29, 1.82) is 0 Å². The van der Waals surface area contributed by atoms with Crippen molar-refractivity contribution in [2.75, 3.05) is 25.4 Å². The third-order valence-electron chi connectivity index (χ3n) is 2.47. The minimum atomic E-state index is -0.597. The Morgan fingerprint density at radius 3 is 3.20 bits per heavy atom. The predicted octanol–water partition coefficient (Wildman–Crippen LogP) is 2.59. The van der Waals surface area contributed by atoms with E-state index in [1.807, 2.05) is 24.9 Å². The first-order chi connectivity index (χ1) is 7.24. The van der Waals surface area contributed by atoms with Crippen LogP contribution in [-0.2, 0) is 0 Å². The molecule has 1 aliphatic rings. The van der Waals surface area contributed by atoms with Crippen LogP contribution in [0, 0.1) is 6.92 Å². The normalized spacial score (nSPS) is 22.4. The number of aromatic nitrogens is 1. The molecule has 1 atom stereocenters. The molecule has 0 spiro atoms. The Balaban J connectivity index is 1.67. The maximum absolute atomic E-state index is 12.9. The molecule has 0 aromatic carbocycles. The largest absolute Gasteiger partial charge is 0.300 e. The molecule has 1 saturated heterocycles. The van der Waals surface area contributed by atoms with E-state index in [9.17, 15) is 4.39 Å². The van der Waals surface area contributed by atoms with E-state index in [0.29, 0.717) is 13.0 Å². The molecule has 2 nitrogen and oxygen atoms in total. The van der Waals surface area contributed by atoms with E-state index in [4.69, 9.17) is 0 Å². The highest BCUT2D eigenvalue weighted by atomic mass is 32.2. The van der Waals surface area contributed by atoms with Gasteiger partial charge in [-0.25, -0.2) is 9.37 Å². The van der Waals surface area contributed by atoms with Crippen LogP contribution in [0.5, 0.6) is 0 Å². The molecule has 0 radical (unpaired) electrons. The van der Waals surface area contributed by atoms with Gasteiger partial charge < -0.3 is 0 Å². The molecule has 1 aromatic rings. The average Bonchev–Trinajstić information content (AvgIpc) is 2.76. The van der Waals surface area contributed by atoms with Crippen molar-refractivity contribution in [3.63, 3.8) is 0 Å².